The molecule has 0 unspecified atom stereocenters. The lowest BCUT2D eigenvalue weighted by Crippen LogP contribution is -2.37. The van der Waals surface area contributed by atoms with Gasteiger partial charge in [-0.25, -0.2) is 4.79 Å². The Kier molecular flexibility index (Phi) is 3.99. The minimum absolute atomic E-state index is 0.0416. The molecule has 7 nitrogen and oxygen atoms in total. The molecule has 0 amide bonds. The summed E-state index contributed by atoms with van der Waals surface area (Å²) in [6.07, 6.45) is 0.548. The van der Waals surface area contributed by atoms with E-state index in [1.54, 1.807) is 13.2 Å². The van der Waals surface area contributed by atoms with Crippen molar-refractivity contribution in [2.24, 2.45) is 0 Å². The van der Waals surface area contributed by atoms with Gasteiger partial charge < -0.3 is 19.4 Å². The Hall–Kier alpha value is -2.41. The van der Waals surface area contributed by atoms with Crippen molar-refractivity contribution < 1.29 is 14.6 Å². The maximum absolute atomic E-state index is 11.9. The number of aromatic amines is 1. The zero-order valence-corrected chi connectivity index (χ0v) is 10.9. The molecule has 0 spiro atoms. The highest BCUT2D eigenvalue weighted by Gasteiger charge is 2.13. The first-order valence-electron chi connectivity index (χ1n) is 6.04. The SMILES string of the molecule is COCCCn1c(=O)c(=O)[nH]c2c(C(=O)O)cccc21. The number of aromatic nitrogens is 2. The van der Waals surface area contributed by atoms with Crippen LogP contribution in [0.2, 0.25) is 0 Å². The minimum atomic E-state index is -1.16. The summed E-state index contributed by atoms with van der Waals surface area (Å²) in [5, 5.41) is 9.12. The fraction of sp³-hybridized carbons (Fsp3) is 0.308. The summed E-state index contributed by atoms with van der Waals surface area (Å²) in [6.45, 7) is 0.732. The van der Waals surface area contributed by atoms with Gasteiger partial charge in [0.1, 0.15) is 0 Å². The van der Waals surface area contributed by atoms with E-state index >= 15 is 0 Å². The molecule has 0 aliphatic carbocycles. The van der Waals surface area contributed by atoms with E-state index < -0.39 is 17.1 Å². The minimum Gasteiger partial charge on any atom is -0.478 e. The van der Waals surface area contributed by atoms with Crippen LogP contribution in [0.1, 0.15) is 16.8 Å². The number of aromatic carboxylic acids is 1. The van der Waals surface area contributed by atoms with Crippen molar-refractivity contribution in [1.29, 1.82) is 0 Å². The number of nitrogens with one attached hydrogen (secondary N) is 1. The standard InChI is InChI=1S/C13H14N2O5/c1-20-7-3-6-15-9-5-2-4-8(13(18)19)10(9)14-11(16)12(15)17/h2,4-5H,3,6-7H2,1H3,(H,14,16)(H,18,19). The van der Waals surface area contributed by atoms with Gasteiger partial charge in [0.05, 0.1) is 16.6 Å². The molecule has 1 aromatic heterocycles. The molecule has 0 bridgehead atoms. The molecule has 106 valence electrons. The first-order valence-corrected chi connectivity index (χ1v) is 6.04. The Labute approximate surface area is 113 Å². The third kappa shape index (κ3) is 2.48. The number of hydrogen-bond acceptors (Lipinski definition) is 4. The van der Waals surface area contributed by atoms with Gasteiger partial charge in [-0.05, 0) is 18.6 Å². The molecule has 0 saturated carbocycles. The molecule has 0 aliphatic heterocycles. The molecule has 7 heteroatoms. The van der Waals surface area contributed by atoms with Gasteiger partial charge in [-0.2, -0.15) is 0 Å². The topological polar surface area (TPSA) is 101 Å². The van der Waals surface area contributed by atoms with Gasteiger partial charge in [-0.15, -0.1) is 0 Å². The van der Waals surface area contributed by atoms with Crippen LogP contribution in [0.15, 0.2) is 27.8 Å². The second-order valence-electron chi connectivity index (χ2n) is 4.26. The van der Waals surface area contributed by atoms with Crippen LogP contribution in [0.5, 0.6) is 0 Å². The molecule has 2 N–H and O–H groups in total. The largest absolute Gasteiger partial charge is 0.478 e. The molecule has 0 aliphatic rings. The van der Waals surface area contributed by atoms with Gasteiger partial charge in [0.25, 0.3) is 0 Å². The molecule has 0 radical (unpaired) electrons. The van der Waals surface area contributed by atoms with Crippen LogP contribution in [0, 0.1) is 0 Å². The van der Waals surface area contributed by atoms with Gasteiger partial charge >= 0.3 is 17.1 Å². The number of ether oxygens (including phenoxy) is 1. The van der Waals surface area contributed by atoms with E-state index in [4.69, 9.17) is 9.84 Å². The summed E-state index contributed by atoms with van der Waals surface area (Å²) in [5.74, 6) is -1.16. The van der Waals surface area contributed by atoms with Crippen LogP contribution < -0.4 is 11.1 Å². The fourth-order valence-electron chi connectivity index (χ4n) is 2.06. The number of carbonyl (C=O) groups is 1. The number of H-pyrrole nitrogens is 1. The van der Waals surface area contributed by atoms with E-state index in [-0.39, 0.29) is 17.6 Å². The van der Waals surface area contributed by atoms with Crippen molar-refractivity contribution in [3.63, 3.8) is 0 Å². The zero-order valence-electron chi connectivity index (χ0n) is 10.9. The van der Waals surface area contributed by atoms with E-state index in [1.165, 1.54) is 16.7 Å². The van der Waals surface area contributed by atoms with Crippen molar-refractivity contribution in [2.45, 2.75) is 13.0 Å². The molecular formula is C13H14N2O5. The highest BCUT2D eigenvalue weighted by molar-refractivity contribution is 6.00. The summed E-state index contributed by atoms with van der Waals surface area (Å²) in [5.41, 5.74) is -1.02. The smallest absolute Gasteiger partial charge is 0.337 e. The van der Waals surface area contributed by atoms with Crippen LogP contribution >= 0.6 is 0 Å². The average molecular weight is 278 g/mol. The number of methoxy groups -OCH3 is 1. The summed E-state index contributed by atoms with van der Waals surface area (Å²) >= 11 is 0. The summed E-state index contributed by atoms with van der Waals surface area (Å²) < 4.78 is 6.19. The molecule has 0 fully saturated rings. The highest BCUT2D eigenvalue weighted by atomic mass is 16.5. The third-order valence-corrected chi connectivity index (χ3v) is 2.97. The van der Waals surface area contributed by atoms with Gasteiger partial charge in [0, 0.05) is 20.3 Å². The maximum Gasteiger partial charge on any atom is 0.337 e. The van der Waals surface area contributed by atoms with Gasteiger partial charge in [0.2, 0.25) is 0 Å². The number of fused-ring (bicyclic) bond motifs is 1. The third-order valence-electron chi connectivity index (χ3n) is 2.97. The first-order chi connectivity index (χ1) is 9.56. The van der Waals surface area contributed by atoms with Crippen molar-refractivity contribution in [3.8, 4) is 0 Å². The Morgan fingerprint density at radius 3 is 2.80 bits per heavy atom. The molecule has 0 atom stereocenters. The molecule has 20 heavy (non-hydrogen) atoms. The van der Waals surface area contributed by atoms with Crippen molar-refractivity contribution in [3.05, 3.63) is 44.5 Å². The Bertz CT molecular complexity index is 759. The molecular weight excluding hydrogens is 264 g/mol. The molecule has 0 saturated heterocycles. The lowest BCUT2D eigenvalue weighted by atomic mass is 10.1. The number of carboxylic acids is 1. The van der Waals surface area contributed by atoms with E-state index in [1.807, 2.05) is 0 Å². The van der Waals surface area contributed by atoms with Crippen molar-refractivity contribution >= 4 is 17.0 Å². The maximum atomic E-state index is 11.9. The Balaban J connectivity index is 2.69. The second kappa shape index (κ2) is 5.70. The summed E-state index contributed by atoms with van der Waals surface area (Å²) in [4.78, 5) is 37.0. The van der Waals surface area contributed by atoms with E-state index in [2.05, 4.69) is 4.98 Å². The first kappa shape index (κ1) is 14.0. The second-order valence-corrected chi connectivity index (χ2v) is 4.26. The normalized spacial score (nSPS) is 10.8. The predicted octanol–water partition coefficient (Wildman–Crippen LogP) is 0.425. The van der Waals surface area contributed by atoms with Crippen LogP contribution in [0.3, 0.4) is 0 Å². The van der Waals surface area contributed by atoms with Gasteiger partial charge in [-0.3, -0.25) is 9.59 Å². The lowest BCUT2D eigenvalue weighted by molar-refractivity contribution is 0.0698. The average Bonchev–Trinajstić information content (AvgIpc) is 2.42. The number of para-hydroxylation sites is 1. The molecule has 2 rings (SSSR count). The van der Waals surface area contributed by atoms with Crippen molar-refractivity contribution in [2.75, 3.05) is 13.7 Å². The molecule has 1 aromatic carbocycles. The summed E-state index contributed by atoms with van der Waals surface area (Å²) in [6, 6.07) is 4.52. The van der Waals surface area contributed by atoms with Crippen LogP contribution in [-0.2, 0) is 11.3 Å². The van der Waals surface area contributed by atoms with Gasteiger partial charge in [0.15, 0.2) is 0 Å². The van der Waals surface area contributed by atoms with Gasteiger partial charge in [-0.1, -0.05) is 6.07 Å². The predicted molar refractivity (Wildman–Crippen MR) is 72.3 cm³/mol. The number of benzene rings is 1. The number of aryl methyl sites for hydroxylation is 1. The summed E-state index contributed by atoms with van der Waals surface area (Å²) in [7, 11) is 1.54. The quantitative estimate of drug-likeness (QED) is 0.610. The number of nitrogens with zero attached hydrogens (tertiary/aromatic N) is 1. The molecule has 1 heterocycles. The van der Waals surface area contributed by atoms with Crippen LogP contribution in [0.4, 0.5) is 0 Å². The van der Waals surface area contributed by atoms with Crippen molar-refractivity contribution in [1.82, 2.24) is 9.55 Å². The zero-order chi connectivity index (χ0) is 14.7. The highest BCUT2D eigenvalue weighted by Crippen LogP contribution is 2.14. The number of hydrogen-bond donors (Lipinski definition) is 2. The Morgan fingerprint density at radius 1 is 1.40 bits per heavy atom. The van der Waals surface area contributed by atoms with Crippen LogP contribution in [0.25, 0.3) is 11.0 Å². The number of rotatable bonds is 5. The van der Waals surface area contributed by atoms with E-state index in [0.717, 1.165) is 0 Å². The monoisotopic (exact) mass is 278 g/mol. The molecule has 2 aromatic rings. The number of carboxylic acid groups (broad SMARTS) is 1. The lowest BCUT2D eigenvalue weighted by Gasteiger charge is -2.10. The fourth-order valence-corrected chi connectivity index (χ4v) is 2.06. The van der Waals surface area contributed by atoms with E-state index in [9.17, 15) is 14.4 Å². The Morgan fingerprint density at radius 2 is 2.15 bits per heavy atom. The van der Waals surface area contributed by atoms with Crippen LogP contribution in [-0.4, -0.2) is 34.3 Å². The van der Waals surface area contributed by atoms with E-state index in [0.29, 0.717) is 18.5 Å².